The fraction of sp³-hybridized carbons (Fsp3) is 0.500. The molecule has 0 amide bonds. The quantitative estimate of drug-likeness (QED) is 0.295. The summed E-state index contributed by atoms with van der Waals surface area (Å²) < 4.78 is 0.444. The molecule has 0 aromatic carbocycles. The highest BCUT2D eigenvalue weighted by Gasteiger charge is 2.21. The molecule has 0 bridgehead atoms. The lowest BCUT2D eigenvalue weighted by atomic mass is 10.3. The number of oxime groups is 1. The summed E-state index contributed by atoms with van der Waals surface area (Å²) in [7, 11) is 0. The minimum Gasteiger partial charge on any atom is -0.409 e. The molecule has 0 spiro atoms. The van der Waals surface area contributed by atoms with E-state index in [0.717, 1.165) is 26.2 Å². The third kappa shape index (κ3) is 3.24. The van der Waals surface area contributed by atoms with Gasteiger partial charge < -0.3 is 20.8 Å². The first-order valence-electron chi connectivity index (χ1n) is 5.78. The van der Waals surface area contributed by atoms with Crippen molar-refractivity contribution in [2.75, 3.05) is 37.6 Å². The van der Waals surface area contributed by atoms with Crippen LogP contribution in [0.25, 0.3) is 0 Å². The van der Waals surface area contributed by atoms with Crippen LogP contribution in [0.4, 0.5) is 5.82 Å². The van der Waals surface area contributed by atoms with Crippen LogP contribution in [0.15, 0.2) is 20.8 Å². The summed E-state index contributed by atoms with van der Waals surface area (Å²) in [4.78, 5) is 22.3. The monoisotopic (exact) mass is 330 g/mol. The number of nitrogens with one attached hydrogen (secondary N) is 1. The summed E-state index contributed by atoms with van der Waals surface area (Å²) in [5.41, 5.74) is 5.28. The van der Waals surface area contributed by atoms with Crippen molar-refractivity contribution >= 4 is 27.6 Å². The molecule has 9 heteroatoms. The van der Waals surface area contributed by atoms with Crippen molar-refractivity contribution in [1.82, 2.24) is 14.9 Å². The number of nitrogens with zero attached hydrogens (tertiary/aromatic N) is 4. The predicted octanol–water partition coefficient (Wildman–Crippen LogP) is -0.599. The second-order valence-corrected chi connectivity index (χ2v) is 5.02. The number of piperazine rings is 1. The number of aromatic amines is 1. The summed E-state index contributed by atoms with van der Waals surface area (Å²) in [5.74, 6) is 0.844. The summed E-state index contributed by atoms with van der Waals surface area (Å²) in [6.07, 6.45) is 1.39. The van der Waals surface area contributed by atoms with E-state index >= 15 is 0 Å². The van der Waals surface area contributed by atoms with Gasteiger partial charge in [-0.05, 0) is 15.9 Å². The smallest absolute Gasteiger partial charge is 0.267 e. The first kappa shape index (κ1) is 13.8. The number of hydrogen-bond donors (Lipinski definition) is 3. The number of H-pyrrole nitrogens is 1. The zero-order chi connectivity index (χ0) is 13.8. The van der Waals surface area contributed by atoms with Gasteiger partial charge in [0.1, 0.15) is 10.3 Å². The highest BCUT2D eigenvalue weighted by atomic mass is 79.9. The van der Waals surface area contributed by atoms with Gasteiger partial charge in [-0.15, -0.1) is 0 Å². The lowest BCUT2D eigenvalue weighted by molar-refractivity contribution is 0.278. The van der Waals surface area contributed by atoms with E-state index in [1.165, 1.54) is 6.33 Å². The molecule has 1 aromatic rings. The Morgan fingerprint density at radius 2 is 2.21 bits per heavy atom. The molecule has 0 radical (unpaired) electrons. The molecule has 1 aliphatic heterocycles. The Hall–Kier alpha value is -1.61. The van der Waals surface area contributed by atoms with Crippen LogP contribution in [-0.2, 0) is 0 Å². The molecule has 19 heavy (non-hydrogen) atoms. The van der Waals surface area contributed by atoms with Gasteiger partial charge in [0.15, 0.2) is 5.84 Å². The van der Waals surface area contributed by atoms with E-state index < -0.39 is 0 Å². The Morgan fingerprint density at radius 1 is 1.53 bits per heavy atom. The maximum absolute atomic E-state index is 11.5. The molecule has 1 saturated heterocycles. The van der Waals surface area contributed by atoms with Crippen molar-refractivity contribution < 1.29 is 5.21 Å². The fourth-order valence-corrected chi connectivity index (χ4v) is 2.44. The zero-order valence-electron chi connectivity index (χ0n) is 10.2. The van der Waals surface area contributed by atoms with E-state index in [1.54, 1.807) is 0 Å². The molecule has 2 heterocycles. The molecule has 0 unspecified atom stereocenters. The Labute approximate surface area is 118 Å². The molecule has 1 aromatic heterocycles. The molecule has 104 valence electrons. The van der Waals surface area contributed by atoms with Crippen molar-refractivity contribution in [3.63, 3.8) is 0 Å². The highest BCUT2D eigenvalue weighted by molar-refractivity contribution is 9.10. The van der Waals surface area contributed by atoms with Crippen molar-refractivity contribution in [3.8, 4) is 0 Å². The number of anilines is 1. The van der Waals surface area contributed by atoms with Crippen molar-refractivity contribution in [2.24, 2.45) is 10.9 Å². The van der Waals surface area contributed by atoms with Crippen molar-refractivity contribution in [1.29, 1.82) is 0 Å². The van der Waals surface area contributed by atoms with E-state index in [-0.39, 0.29) is 11.4 Å². The normalized spacial score (nSPS) is 17.7. The standard InChI is InChI=1S/C10H15BrN6O2/c11-8-9(13-6-14-10(8)18)17-3-1-16(2-4-17)5-7(12)15-19/h6,19H,1-5H2,(H2,12,15)(H,13,14,18). The van der Waals surface area contributed by atoms with Crippen LogP contribution in [0.1, 0.15) is 0 Å². The second kappa shape index (κ2) is 6.02. The van der Waals surface area contributed by atoms with Crippen LogP contribution in [0.5, 0.6) is 0 Å². The third-order valence-electron chi connectivity index (χ3n) is 2.96. The maximum Gasteiger partial charge on any atom is 0.267 e. The van der Waals surface area contributed by atoms with E-state index in [4.69, 9.17) is 10.9 Å². The molecule has 0 atom stereocenters. The van der Waals surface area contributed by atoms with Gasteiger partial charge in [-0.3, -0.25) is 9.69 Å². The summed E-state index contributed by atoms with van der Waals surface area (Å²) in [5, 5.41) is 11.5. The van der Waals surface area contributed by atoms with Crippen LogP contribution < -0.4 is 16.2 Å². The SMILES string of the molecule is NC(CN1CCN(c2nc[nH]c(=O)c2Br)CC1)=NO. The summed E-state index contributed by atoms with van der Waals surface area (Å²) >= 11 is 3.25. The van der Waals surface area contributed by atoms with E-state index in [0.29, 0.717) is 16.8 Å². The molecule has 0 aliphatic carbocycles. The Morgan fingerprint density at radius 3 is 2.84 bits per heavy atom. The van der Waals surface area contributed by atoms with Crippen LogP contribution in [-0.4, -0.2) is 58.6 Å². The summed E-state index contributed by atoms with van der Waals surface area (Å²) in [6.45, 7) is 3.42. The largest absolute Gasteiger partial charge is 0.409 e. The zero-order valence-corrected chi connectivity index (χ0v) is 11.8. The van der Waals surface area contributed by atoms with Crippen LogP contribution in [0.3, 0.4) is 0 Å². The molecular weight excluding hydrogens is 316 g/mol. The molecule has 2 rings (SSSR count). The van der Waals surface area contributed by atoms with Crippen LogP contribution >= 0.6 is 15.9 Å². The number of rotatable bonds is 3. The number of aromatic nitrogens is 2. The lowest BCUT2D eigenvalue weighted by Crippen LogP contribution is -2.49. The topological polar surface area (TPSA) is 111 Å². The van der Waals surface area contributed by atoms with E-state index in [2.05, 4.69) is 36.0 Å². The van der Waals surface area contributed by atoms with Gasteiger partial charge in [-0.2, -0.15) is 0 Å². The number of halogens is 1. The molecular formula is C10H15BrN6O2. The van der Waals surface area contributed by atoms with Crippen LogP contribution in [0.2, 0.25) is 0 Å². The lowest BCUT2D eigenvalue weighted by Gasteiger charge is -2.35. The Bertz CT molecular complexity index is 523. The average molecular weight is 331 g/mol. The van der Waals surface area contributed by atoms with Crippen molar-refractivity contribution in [2.45, 2.75) is 0 Å². The second-order valence-electron chi connectivity index (χ2n) is 4.22. The van der Waals surface area contributed by atoms with Crippen LogP contribution in [0, 0.1) is 0 Å². The Kier molecular flexibility index (Phi) is 4.38. The molecule has 0 saturated carbocycles. The van der Waals surface area contributed by atoms with Crippen molar-refractivity contribution in [3.05, 3.63) is 21.2 Å². The molecule has 1 aliphatic rings. The number of hydrogen-bond acceptors (Lipinski definition) is 6. The minimum atomic E-state index is -0.191. The minimum absolute atomic E-state index is 0.191. The van der Waals surface area contributed by atoms with Gasteiger partial charge in [0.2, 0.25) is 0 Å². The van der Waals surface area contributed by atoms with Gasteiger partial charge >= 0.3 is 0 Å². The average Bonchev–Trinajstić information content (AvgIpc) is 2.43. The van der Waals surface area contributed by atoms with Gasteiger partial charge in [0, 0.05) is 26.2 Å². The summed E-state index contributed by atoms with van der Waals surface area (Å²) in [6, 6.07) is 0. The number of amidine groups is 1. The molecule has 4 N–H and O–H groups in total. The van der Waals surface area contributed by atoms with E-state index in [1.807, 2.05) is 4.90 Å². The third-order valence-corrected chi connectivity index (χ3v) is 3.68. The van der Waals surface area contributed by atoms with Gasteiger partial charge in [-0.25, -0.2) is 4.98 Å². The highest BCUT2D eigenvalue weighted by Crippen LogP contribution is 2.20. The molecule has 8 nitrogen and oxygen atoms in total. The first-order valence-corrected chi connectivity index (χ1v) is 6.58. The molecule has 1 fully saturated rings. The van der Waals surface area contributed by atoms with Gasteiger partial charge in [0.25, 0.3) is 5.56 Å². The first-order chi connectivity index (χ1) is 9.11. The fourth-order valence-electron chi connectivity index (χ4n) is 1.97. The number of nitrogens with two attached hydrogens (primary N) is 1. The maximum atomic E-state index is 11.5. The predicted molar refractivity (Wildman–Crippen MR) is 74.6 cm³/mol. The van der Waals surface area contributed by atoms with E-state index in [9.17, 15) is 4.79 Å². The van der Waals surface area contributed by atoms with Gasteiger partial charge in [-0.1, -0.05) is 5.16 Å². The van der Waals surface area contributed by atoms with Gasteiger partial charge in [0.05, 0.1) is 12.9 Å². The Balaban J connectivity index is 2.00.